The standard InChI is InChI=1S/C11H16N2O2/c1-12-4-9-2-3-10(13-5-9)6-15-11-7-14-8-11/h2-3,5,11-12H,4,6-8H2,1H3. The zero-order valence-electron chi connectivity index (χ0n) is 8.90. The fourth-order valence-corrected chi connectivity index (χ4v) is 1.36. The minimum atomic E-state index is 0.267. The highest BCUT2D eigenvalue weighted by Gasteiger charge is 2.18. The van der Waals surface area contributed by atoms with E-state index in [1.54, 1.807) is 0 Å². The molecule has 0 bridgehead atoms. The van der Waals surface area contributed by atoms with Gasteiger partial charge in [0.15, 0.2) is 0 Å². The predicted octanol–water partition coefficient (Wildman–Crippen LogP) is 0.716. The molecule has 1 fully saturated rings. The summed E-state index contributed by atoms with van der Waals surface area (Å²) in [6.07, 6.45) is 2.15. The normalized spacial score (nSPS) is 16.3. The maximum absolute atomic E-state index is 5.56. The number of nitrogens with one attached hydrogen (secondary N) is 1. The van der Waals surface area contributed by atoms with E-state index in [9.17, 15) is 0 Å². The highest BCUT2D eigenvalue weighted by molar-refractivity contribution is 5.13. The molecule has 0 amide bonds. The number of ether oxygens (including phenoxy) is 2. The molecule has 1 aromatic rings. The summed E-state index contributed by atoms with van der Waals surface area (Å²) in [5.74, 6) is 0. The van der Waals surface area contributed by atoms with Gasteiger partial charge < -0.3 is 14.8 Å². The van der Waals surface area contributed by atoms with Crippen molar-refractivity contribution in [2.24, 2.45) is 0 Å². The van der Waals surface area contributed by atoms with Gasteiger partial charge in [0.05, 0.1) is 25.5 Å². The van der Waals surface area contributed by atoms with E-state index in [-0.39, 0.29) is 6.10 Å². The molecule has 0 saturated carbocycles. The summed E-state index contributed by atoms with van der Waals surface area (Å²) < 4.78 is 10.6. The first kappa shape index (κ1) is 10.5. The van der Waals surface area contributed by atoms with Gasteiger partial charge in [-0.05, 0) is 18.7 Å². The lowest BCUT2D eigenvalue weighted by Crippen LogP contribution is -2.35. The molecule has 0 spiro atoms. The third-order valence-corrected chi connectivity index (χ3v) is 2.34. The van der Waals surface area contributed by atoms with E-state index in [4.69, 9.17) is 9.47 Å². The van der Waals surface area contributed by atoms with E-state index in [2.05, 4.69) is 16.4 Å². The largest absolute Gasteiger partial charge is 0.376 e. The van der Waals surface area contributed by atoms with Crippen LogP contribution in [0.1, 0.15) is 11.3 Å². The summed E-state index contributed by atoms with van der Waals surface area (Å²) in [7, 11) is 1.92. The number of rotatable bonds is 5. The van der Waals surface area contributed by atoms with Crippen LogP contribution in [0.25, 0.3) is 0 Å². The van der Waals surface area contributed by atoms with Crippen molar-refractivity contribution in [1.29, 1.82) is 0 Å². The fraction of sp³-hybridized carbons (Fsp3) is 0.545. The minimum absolute atomic E-state index is 0.267. The Bertz CT molecular complexity index is 296. The Kier molecular flexibility index (Phi) is 3.66. The molecule has 4 nitrogen and oxygen atoms in total. The molecule has 2 heterocycles. The second kappa shape index (κ2) is 5.21. The second-order valence-corrected chi connectivity index (χ2v) is 3.66. The number of aromatic nitrogens is 1. The van der Waals surface area contributed by atoms with Crippen LogP contribution in [-0.4, -0.2) is 31.3 Å². The van der Waals surface area contributed by atoms with E-state index < -0.39 is 0 Å². The van der Waals surface area contributed by atoms with Gasteiger partial charge >= 0.3 is 0 Å². The Labute approximate surface area is 89.6 Å². The van der Waals surface area contributed by atoms with E-state index in [1.807, 2.05) is 19.3 Å². The molecule has 0 aromatic carbocycles. The molecule has 1 saturated heterocycles. The molecule has 0 radical (unpaired) electrons. The molecule has 0 unspecified atom stereocenters. The topological polar surface area (TPSA) is 43.4 Å². The van der Waals surface area contributed by atoms with Gasteiger partial charge in [0, 0.05) is 12.7 Å². The highest BCUT2D eigenvalue weighted by Crippen LogP contribution is 2.09. The Morgan fingerprint density at radius 1 is 1.53 bits per heavy atom. The highest BCUT2D eigenvalue weighted by atomic mass is 16.6. The van der Waals surface area contributed by atoms with Gasteiger partial charge in [-0.2, -0.15) is 0 Å². The molecule has 15 heavy (non-hydrogen) atoms. The van der Waals surface area contributed by atoms with E-state index in [0.717, 1.165) is 25.5 Å². The van der Waals surface area contributed by atoms with Gasteiger partial charge in [0.1, 0.15) is 6.10 Å². The third kappa shape index (κ3) is 2.99. The van der Waals surface area contributed by atoms with Gasteiger partial charge in [-0.1, -0.05) is 6.07 Å². The first-order chi connectivity index (χ1) is 7.38. The molecule has 1 N–H and O–H groups in total. The molecule has 1 aliphatic heterocycles. The van der Waals surface area contributed by atoms with Crippen molar-refractivity contribution in [3.8, 4) is 0 Å². The first-order valence-corrected chi connectivity index (χ1v) is 5.16. The van der Waals surface area contributed by atoms with Crippen molar-refractivity contribution in [2.75, 3.05) is 20.3 Å². The summed E-state index contributed by atoms with van der Waals surface area (Å²) >= 11 is 0. The smallest absolute Gasteiger partial charge is 0.105 e. The minimum Gasteiger partial charge on any atom is -0.376 e. The van der Waals surface area contributed by atoms with E-state index in [0.29, 0.717) is 6.61 Å². The lowest BCUT2D eigenvalue weighted by molar-refractivity contribution is -0.135. The van der Waals surface area contributed by atoms with Crippen molar-refractivity contribution in [2.45, 2.75) is 19.3 Å². The zero-order chi connectivity index (χ0) is 10.5. The van der Waals surface area contributed by atoms with E-state index in [1.165, 1.54) is 5.56 Å². The Balaban J connectivity index is 1.80. The van der Waals surface area contributed by atoms with Crippen molar-refractivity contribution in [3.05, 3.63) is 29.6 Å². The number of pyridine rings is 1. The quantitative estimate of drug-likeness (QED) is 0.774. The van der Waals surface area contributed by atoms with Crippen molar-refractivity contribution in [3.63, 3.8) is 0 Å². The summed E-state index contributed by atoms with van der Waals surface area (Å²) in [4.78, 5) is 4.32. The van der Waals surface area contributed by atoms with Crippen molar-refractivity contribution in [1.82, 2.24) is 10.3 Å². The number of hydrogen-bond acceptors (Lipinski definition) is 4. The van der Waals surface area contributed by atoms with E-state index >= 15 is 0 Å². The lowest BCUT2D eigenvalue weighted by Gasteiger charge is -2.25. The number of hydrogen-bond donors (Lipinski definition) is 1. The first-order valence-electron chi connectivity index (χ1n) is 5.16. The number of nitrogens with zero attached hydrogens (tertiary/aromatic N) is 1. The van der Waals surface area contributed by atoms with Crippen molar-refractivity contribution >= 4 is 0 Å². The fourth-order valence-electron chi connectivity index (χ4n) is 1.36. The molecular formula is C11H16N2O2. The van der Waals surface area contributed by atoms with Crippen LogP contribution in [0.2, 0.25) is 0 Å². The van der Waals surface area contributed by atoms with Crippen LogP contribution in [0, 0.1) is 0 Å². The van der Waals surface area contributed by atoms with Crippen LogP contribution in [0.4, 0.5) is 0 Å². The van der Waals surface area contributed by atoms with Gasteiger partial charge in [0.2, 0.25) is 0 Å². The van der Waals surface area contributed by atoms with Crippen LogP contribution in [0.15, 0.2) is 18.3 Å². The van der Waals surface area contributed by atoms with Gasteiger partial charge in [0.25, 0.3) is 0 Å². The van der Waals surface area contributed by atoms with Gasteiger partial charge in [-0.15, -0.1) is 0 Å². The van der Waals surface area contributed by atoms with Crippen LogP contribution in [0.3, 0.4) is 0 Å². The molecule has 0 atom stereocenters. The van der Waals surface area contributed by atoms with Crippen LogP contribution >= 0.6 is 0 Å². The molecule has 1 aliphatic rings. The molecule has 82 valence electrons. The summed E-state index contributed by atoms with van der Waals surface area (Å²) in [6, 6.07) is 4.08. The summed E-state index contributed by atoms with van der Waals surface area (Å²) in [6.45, 7) is 2.87. The van der Waals surface area contributed by atoms with Crippen LogP contribution < -0.4 is 5.32 Å². The third-order valence-electron chi connectivity index (χ3n) is 2.34. The molecular weight excluding hydrogens is 192 g/mol. The summed E-state index contributed by atoms with van der Waals surface area (Å²) in [5, 5.41) is 3.08. The van der Waals surface area contributed by atoms with Gasteiger partial charge in [-0.3, -0.25) is 4.98 Å². The lowest BCUT2D eigenvalue weighted by atomic mass is 10.2. The molecule has 0 aliphatic carbocycles. The predicted molar refractivity (Wildman–Crippen MR) is 56.4 cm³/mol. The second-order valence-electron chi connectivity index (χ2n) is 3.66. The summed E-state index contributed by atoms with van der Waals surface area (Å²) in [5.41, 5.74) is 2.16. The zero-order valence-corrected chi connectivity index (χ0v) is 8.90. The average Bonchev–Trinajstić information content (AvgIpc) is 2.19. The SMILES string of the molecule is CNCc1ccc(COC2COC2)nc1. The van der Waals surface area contributed by atoms with Crippen LogP contribution in [-0.2, 0) is 22.6 Å². The van der Waals surface area contributed by atoms with Crippen LogP contribution in [0.5, 0.6) is 0 Å². The van der Waals surface area contributed by atoms with Crippen molar-refractivity contribution < 1.29 is 9.47 Å². The van der Waals surface area contributed by atoms with Gasteiger partial charge in [-0.25, -0.2) is 0 Å². The maximum Gasteiger partial charge on any atom is 0.105 e. The molecule has 1 aromatic heterocycles. The molecule has 4 heteroatoms. The Morgan fingerprint density at radius 3 is 2.93 bits per heavy atom. The maximum atomic E-state index is 5.56. The average molecular weight is 208 g/mol. The molecule has 2 rings (SSSR count). The Hall–Kier alpha value is -0.970. The monoisotopic (exact) mass is 208 g/mol. The Morgan fingerprint density at radius 2 is 2.40 bits per heavy atom.